The molecule has 0 bridgehead atoms. The van der Waals surface area contributed by atoms with Crippen molar-refractivity contribution < 1.29 is 27.1 Å². The zero-order chi connectivity index (χ0) is 30.1. The Morgan fingerprint density at radius 1 is 0.857 bits per heavy atom. The van der Waals surface area contributed by atoms with Gasteiger partial charge in [-0.05, 0) is 73.5 Å². The van der Waals surface area contributed by atoms with Crippen LogP contribution in [0.1, 0.15) is 23.6 Å². The van der Waals surface area contributed by atoms with Crippen LogP contribution < -0.4 is 14.8 Å². The van der Waals surface area contributed by atoms with E-state index in [-0.39, 0.29) is 35.4 Å². The minimum absolute atomic E-state index is 0.0323. The number of nitrogens with zero attached hydrogens (tertiary/aromatic N) is 1. The van der Waals surface area contributed by atoms with Gasteiger partial charge in [-0.2, -0.15) is 0 Å². The molecule has 42 heavy (non-hydrogen) atoms. The van der Waals surface area contributed by atoms with E-state index in [1.54, 1.807) is 6.92 Å². The fourth-order valence-corrected chi connectivity index (χ4v) is 5.14. The SMILES string of the molecule is Cc1ccc(CNC(=O)C(C)N(Cc2ccccc2)C(=O)COc2ccc(S(=O)(=O)Nc3ccc(F)cc3)cc2)cc1. The molecule has 0 aliphatic rings. The van der Waals surface area contributed by atoms with Crippen LogP contribution >= 0.6 is 0 Å². The van der Waals surface area contributed by atoms with E-state index in [1.165, 1.54) is 41.3 Å². The highest BCUT2D eigenvalue weighted by atomic mass is 32.2. The van der Waals surface area contributed by atoms with Crippen LogP contribution in [0.3, 0.4) is 0 Å². The van der Waals surface area contributed by atoms with E-state index in [2.05, 4.69) is 10.0 Å². The zero-order valence-electron chi connectivity index (χ0n) is 23.3. The summed E-state index contributed by atoms with van der Waals surface area (Å²) in [5.41, 5.74) is 3.14. The number of halogens is 1. The van der Waals surface area contributed by atoms with E-state index >= 15 is 0 Å². The van der Waals surface area contributed by atoms with Gasteiger partial charge in [0.1, 0.15) is 17.6 Å². The first-order valence-electron chi connectivity index (χ1n) is 13.3. The average molecular weight is 590 g/mol. The minimum Gasteiger partial charge on any atom is -0.484 e. The fraction of sp³-hybridized carbons (Fsp3) is 0.188. The van der Waals surface area contributed by atoms with Gasteiger partial charge in [-0.25, -0.2) is 12.8 Å². The smallest absolute Gasteiger partial charge is 0.261 e. The third-order valence-corrected chi connectivity index (χ3v) is 7.94. The van der Waals surface area contributed by atoms with Crippen LogP contribution in [0, 0.1) is 12.7 Å². The van der Waals surface area contributed by atoms with Gasteiger partial charge in [0.15, 0.2) is 6.61 Å². The summed E-state index contributed by atoms with van der Waals surface area (Å²) in [4.78, 5) is 27.8. The topological polar surface area (TPSA) is 105 Å². The number of benzene rings is 4. The van der Waals surface area contributed by atoms with Gasteiger partial charge in [-0.15, -0.1) is 0 Å². The number of carbonyl (C=O) groups excluding carboxylic acids is 2. The van der Waals surface area contributed by atoms with Crippen molar-refractivity contribution in [2.24, 2.45) is 0 Å². The van der Waals surface area contributed by atoms with E-state index in [0.717, 1.165) is 28.8 Å². The van der Waals surface area contributed by atoms with E-state index < -0.39 is 27.8 Å². The number of carbonyl (C=O) groups is 2. The van der Waals surface area contributed by atoms with Crippen molar-refractivity contribution >= 4 is 27.5 Å². The van der Waals surface area contributed by atoms with Gasteiger partial charge < -0.3 is 15.0 Å². The lowest BCUT2D eigenvalue weighted by Crippen LogP contribution is -2.48. The van der Waals surface area contributed by atoms with Crippen molar-refractivity contribution in [3.8, 4) is 5.75 Å². The first-order chi connectivity index (χ1) is 20.1. The summed E-state index contributed by atoms with van der Waals surface area (Å²) in [6, 6.07) is 26.9. The summed E-state index contributed by atoms with van der Waals surface area (Å²) in [5.74, 6) is -0.914. The van der Waals surface area contributed by atoms with Crippen molar-refractivity contribution in [1.82, 2.24) is 10.2 Å². The standard InChI is InChI=1S/C32H32FN3O5S/c1-23-8-10-25(11-9-23)20-34-32(38)24(2)36(21-26-6-4-3-5-7-26)31(37)22-41-29-16-18-30(19-17-29)42(39,40)35-28-14-12-27(33)13-15-28/h3-19,24,35H,20-22H2,1-2H3,(H,34,38). The predicted octanol–water partition coefficient (Wildman–Crippen LogP) is 5.05. The molecule has 4 aromatic rings. The molecule has 0 aromatic heterocycles. The molecule has 218 valence electrons. The van der Waals surface area contributed by atoms with Gasteiger partial charge in [0.25, 0.3) is 15.9 Å². The first kappa shape index (κ1) is 30.3. The molecule has 0 fully saturated rings. The third-order valence-electron chi connectivity index (χ3n) is 6.54. The molecule has 0 heterocycles. The number of nitrogens with one attached hydrogen (secondary N) is 2. The van der Waals surface area contributed by atoms with Crippen LogP contribution in [0.25, 0.3) is 0 Å². The number of ether oxygens (including phenoxy) is 1. The second-order valence-electron chi connectivity index (χ2n) is 9.76. The van der Waals surface area contributed by atoms with Gasteiger partial charge in [0.05, 0.1) is 4.90 Å². The summed E-state index contributed by atoms with van der Waals surface area (Å²) in [6.07, 6.45) is 0. The molecule has 0 aliphatic carbocycles. The Bertz CT molecular complexity index is 1600. The van der Waals surface area contributed by atoms with Crippen LogP contribution in [0.4, 0.5) is 10.1 Å². The Hall–Kier alpha value is -4.70. The maximum Gasteiger partial charge on any atom is 0.261 e. The van der Waals surface area contributed by atoms with Crippen molar-refractivity contribution in [1.29, 1.82) is 0 Å². The quantitative estimate of drug-likeness (QED) is 0.241. The van der Waals surface area contributed by atoms with E-state index in [9.17, 15) is 22.4 Å². The van der Waals surface area contributed by atoms with Crippen molar-refractivity contribution in [3.05, 3.63) is 126 Å². The molecule has 0 spiro atoms. The van der Waals surface area contributed by atoms with Gasteiger partial charge >= 0.3 is 0 Å². The van der Waals surface area contributed by atoms with E-state index in [1.807, 2.05) is 61.5 Å². The molecule has 0 aliphatic heterocycles. The van der Waals surface area contributed by atoms with Crippen LogP contribution in [-0.4, -0.2) is 37.8 Å². The molecule has 0 radical (unpaired) electrons. The van der Waals surface area contributed by atoms with Gasteiger partial charge in [0, 0.05) is 18.8 Å². The monoisotopic (exact) mass is 589 g/mol. The Balaban J connectivity index is 1.40. The number of sulfonamides is 1. The highest BCUT2D eigenvalue weighted by Gasteiger charge is 2.26. The summed E-state index contributed by atoms with van der Waals surface area (Å²) in [6.45, 7) is 3.83. The first-order valence-corrected chi connectivity index (χ1v) is 14.8. The second-order valence-corrected chi connectivity index (χ2v) is 11.4. The highest BCUT2D eigenvalue weighted by Crippen LogP contribution is 2.20. The Morgan fingerprint density at radius 2 is 1.50 bits per heavy atom. The maximum absolute atomic E-state index is 13.3. The summed E-state index contributed by atoms with van der Waals surface area (Å²) < 4.78 is 46.5. The second kappa shape index (κ2) is 13.8. The highest BCUT2D eigenvalue weighted by molar-refractivity contribution is 7.92. The molecule has 1 atom stereocenters. The van der Waals surface area contributed by atoms with Gasteiger partial charge in [-0.1, -0.05) is 60.2 Å². The summed E-state index contributed by atoms with van der Waals surface area (Å²) in [5, 5.41) is 2.90. The molecule has 4 rings (SSSR count). The lowest BCUT2D eigenvalue weighted by molar-refractivity contribution is -0.142. The number of rotatable bonds is 12. The lowest BCUT2D eigenvalue weighted by Gasteiger charge is -2.28. The molecular weight excluding hydrogens is 557 g/mol. The summed E-state index contributed by atoms with van der Waals surface area (Å²) in [7, 11) is -3.92. The molecule has 10 heteroatoms. The van der Waals surface area contributed by atoms with E-state index in [0.29, 0.717) is 6.54 Å². The van der Waals surface area contributed by atoms with Crippen LogP contribution in [0.2, 0.25) is 0 Å². The third kappa shape index (κ3) is 8.40. The number of anilines is 1. The molecule has 4 aromatic carbocycles. The molecule has 1 unspecified atom stereocenters. The number of hydrogen-bond donors (Lipinski definition) is 2. The normalized spacial score (nSPS) is 11.8. The lowest BCUT2D eigenvalue weighted by atomic mass is 10.1. The summed E-state index contributed by atoms with van der Waals surface area (Å²) >= 11 is 0. The van der Waals surface area contributed by atoms with Crippen molar-refractivity contribution in [2.45, 2.75) is 37.9 Å². The number of aryl methyl sites for hydroxylation is 1. The number of amides is 2. The Labute approximate surface area is 245 Å². The zero-order valence-corrected chi connectivity index (χ0v) is 24.1. The van der Waals surface area contributed by atoms with Crippen LogP contribution in [0.5, 0.6) is 5.75 Å². The van der Waals surface area contributed by atoms with Crippen LogP contribution in [0.15, 0.2) is 108 Å². The largest absolute Gasteiger partial charge is 0.484 e. The minimum atomic E-state index is -3.92. The Morgan fingerprint density at radius 3 is 2.14 bits per heavy atom. The molecular formula is C32H32FN3O5S. The molecule has 0 saturated carbocycles. The van der Waals surface area contributed by atoms with Crippen LogP contribution in [-0.2, 0) is 32.7 Å². The molecule has 0 saturated heterocycles. The van der Waals surface area contributed by atoms with Crippen molar-refractivity contribution in [2.75, 3.05) is 11.3 Å². The van der Waals surface area contributed by atoms with E-state index in [4.69, 9.17) is 4.74 Å². The average Bonchev–Trinajstić information content (AvgIpc) is 2.99. The molecule has 2 N–H and O–H groups in total. The van der Waals surface area contributed by atoms with Gasteiger partial charge in [-0.3, -0.25) is 14.3 Å². The molecule has 2 amide bonds. The fourth-order valence-electron chi connectivity index (χ4n) is 4.08. The Kier molecular flexibility index (Phi) is 9.93. The van der Waals surface area contributed by atoms with Gasteiger partial charge in [0.2, 0.25) is 5.91 Å². The predicted molar refractivity (Wildman–Crippen MR) is 159 cm³/mol. The number of hydrogen-bond acceptors (Lipinski definition) is 5. The van der Waals surface area contributed by atoms with Crippen molar-refractivity contribution in [3.63, 3.8) is 0 Å². The maximum atomic E-state index is 13.3. The molecule has 8 nitrogen and oxygen atoms in total.